The molecule has 0 radical (unpaired) electrons. The van der Waals surface area contributed by atoms with Crippen LogP contribution in [0.1, 0.15) is 41.8 Å². The summed E-state index contributed by atoms with van der Waals surface area (Å²) in [6.07, 6.45) is 6.19. The lowest BCUT2D eigenvalue weighted by Gasteiger charge is -2.45. The molecular formula is C23H30N2O3S. The van der Waals surface area contributed by atoms with E-state index in [-0.39, 0.29) is 10.6 Å². The summed E-state index contributed by atoms with van der Waals surface area (Å²) in [6.45, 7) is 4.21. The minimum Gasteiger partial charge on any atom is -0.383 e. The summed E-state index contributed by atoms with van der Waals surface area (Å²) >= 11 is 1.06. The Kier molecular flexibility index (Phi) is 6.63. The molecule has 5 nitrogen and oxygen atoms in total. The van der Waals surface area contributed by atoms with E-state index < -0.39 is 0 Å². The van der Waals surface area contributed by atoms with Gasteiger partial charge in [0.15, 0.2) is 0 Å². The van der Waals surface area contributed by atoms with Crippen molar-refractivity contribution in [3.8, 4) is 0 Å². The van der Waals surface area contributed by atoms with Crippen molar-refractivity contribution in [2.24, 2.45) is 5.92 Å². The third-order valence-corrected chi connectivity index (χ3v) is 7.33. The molecule has 0 spiro atoms. The van der Waals surface area contributed by atoms with Crippen molar-refractivity contribution in [3.05, 3.63) is 44.7 Å². The molecular weight excluding hydrogens is 384 g/mol. The zero-order valence-electron chi connectivity index (χ0n) is 17.1. The Balaban J connectivity index is 1.57. The van der Waals surface area contributed by atoms with Gasteiger partial charge in [-0.3, -0.25) is 9.59 Å². The Morgan fingerprint density at radius 1 is 1.21 bits per heavy atom. The summed E-state index contributed by atoms with van der Waals surface area (Å²) < 4.78 is 5.24. The van der Waals surface area contributed by atoms with Gasteiger partial charge in [-0.25, -0.2) is 0 Å². The molecule has 2 unspecified atom stereocenters. The van der Waals surface area contributed by atoms with Gasteiger partial charge in [0, 0.05) is 31.6 Å². The van der Waals surface area contributed by atoms with Crippen LogP contribution >= 0.6 is 11.3 Å². The number of nitrogens with zero attached hydrogens (tertiary/aromatic N) is 2. The van der Waals surface area contributed by atoms with Gasteiger partial charge >= 0.3 is 0 Å². The van der Waals surface area contributed by atoms with Gasteiger partial charge in [-0.2, -0.15) is 0 Å². The number of ether oxygens (including phenoxy) is 1. The summed E-state index contributed by atoms with van der Waals surface area (Å²) in [5.41, 5.74) is 0. The zero-order valence-corrected chi connectivity index (χ0v) is 18.0. The minimum atomic E-state index is -0.0470. The molecule has 0 saturated carbocycles. The second kappa shape index (κ2) is 9.37. The van der Waals surface area contributed by atoms with Crippen molar-refractivity contribution < 1.29 is 9.53 Å². The largest absolute Gasteiger partial charge is 0.383 e. The number of benzene rings is 1. The van der Waals surface area contributed by atoms with E-state index in [2.05, 4.69) is 4.90 Å². The number of piperidine rings is 2. The van der Waals surface area contributed by atoms with E-state index in [4.69, 9.17) is 4.74 Å². The number of fused-ring (bicyclic) bond motifs is 2. The van der Waals surface area contributed by atoms with Crippen LogP contribution in [0, 0.1) is 5.92 Å². The van der Waals surface area contributed by atoms with E-state index in [1.54, 1.807) is 7.11 Å². The van der Waals surface area contributed by atoms with Crippen LogP contribution in [-0.4, -0.2) is 61.6 Å². The quantitative estimate of drug-likeness (QED) is 0.725. The minimum absolute atomic E-state index is 0.0390. The Labute approximate surface area is 176 Å². The van der Waals surface area contributed by atoms with Gasteiger partial charge < -0.3 is 14.5 Å². The van der Waals surface area contributed by atoms with E-state index in [0.717, 1.165) is 23.3 Å². The maximum atomic E-state index is 13.4. The Morgan fingerprint density at radius 2 is 2.03 bits per heavy atom. The monoisotopic (exact) mass is 414 g/mol. The fourth-order valence-electron chi connectivity index (χ4n) is 4.95. The van der Waals surface area contributed by atoms with E-state index in [1.807, 2.05) is 35.2 Å². The highest BCUT2D eigenvalue weighted by molar-refractivity contribution is 7.12. The van der Waals surface area contributed by atoms with Crippen LogP contribution in [0.15, 0.2) is 35.1 Å². The molecule has 2 aliphatic heterocycles. The lowest BCUT2D eigenvalue weighted by atomic mass is 9.83. The molecule has 2 aliphatic rings. The molecule has 4 rings (SSSR count). The molecule has 3 heterocycles. The van der Waals surface area contributed by atoms with Crippen LogP contribution in [0.5, 0.6) is 0 Å². The van der Waals surface area contributed by atoms with Gasteiger partial charge in [-0.15, -0.1) is 0 Å². The Morgan fingerprint density at radius 3 is 2.90 bits per heavy atom. The van der Waals surface area contributed by atoms with Crippen LogP contribution in [0.25, 0.3) is 10.8 Å². The molecule has 1 aromatic carbocycles. The first-order chi connectivity index (χ1) is 14.2. The second-order valence-electron chi connectivity index (χ2n) is 8.23. The van der Waals surface area contributed by atoms with Crippen LogP contribution in [-0.2, 0) is 4.74 Å². The van der Waals surface area contributed by atoms with Gasteiger partial charge in [0.1, 0.15) is 0 Å². The molecule has 6 heteroatoms. The van der Waals surface area contributed by atoms with Crippen LogP contribution < -0.4 is 4.74 Å². The molecule has 1 aromatic heterocycles. The number of rotatable bonds is 6. The predicted octanol–water partition coefficient (Wildman–Crippen LogP) is 3.61. The number of hydrogen-bond acceptors (Lipinski definition) is 5. The number of carbonyl (C=O) groups excluding carboxylic acids is 1. The molecule has 2 atom stereocenters. The number of amides is 1. The Hall–Kier alpha value is -1.76. The zero-order chi connectivity index (χ0) is 20.2. The highest BCUT2D eigenvalue weighted by Crippen LogP contribution is 2.31. The highest BCUT2D eigenvalue weighted by Gasteiger charge is 2.35. The summed E-state index contributed by atoms with van der Waals surface area (Å²) in [5, 5.41) is 1.52. The maximum absolute atomic E-state index is 13.4. The molecule has 2 saturated heterocycles. The summed E-state index contributed by atoms with van der Waals surface area (Å²) in [5.74, 6) is 0.463. The van der Waals surface area contributed by atoms with Gasteiger partial charge in [0.2, 0.25) is 4.74 Å². The lowest BCUT2D eigenvalue weighted by Crippen LogP contribution is -2.52. The number of methoxy groups -OCH3 is 1. The van der Waals surface area contributed by atoms with E-state index in [0.29, 0.717) is 35.4 Å². The van der Waals surface area contributed by atoms with Crippen LogP contribution in [0.4, 0.5) is 0 Å². The normalized spacial score (nSPS) is 22.4. The number of hydrogen-bond donors (Lipinski definition) is 0. The first-order valence-corrected chi connectivity index (χ1v) is 11.5. The van der Waals surface area contributed by atoms with Crippen molar-refractivity contribution in [1.29, 1.82) is 0 Å². The molecule has 0 aliphatic carbocycles. The average molecular weight is 415 g/mol. The molecule has 2 aromatic rings. The highest BCUT2D eigenvalue weighted by atomic mass is 32.1. The Bertz CT molecular complexity index is 910. The number of carbonyl (C=O) groups is 1. The van der Waals surface area contributed by atoms with Crippen LogP contribution in [0.3, 0.4) is 0 Å². The van der Waals surface area contributed by atoms with Gasteiger partial charge in [0.05, 0.1) is 11.5 Å². The smallest absolute Gasteiger partial charge is 0.264 e. The molecule has 2 fully saturated rings. The average Bonchev–Trinajstić information content (AvgIpc) is 2.76. The SMILES string of the molecule is COCCN(CC1CCCN2CCCCC12)C(=O)c1cc2ccccc2c(=O)s1. The van der Waals surface area contributed by atoms with Crippen molar-refractivity contribution in [1.82, 2.24) is 9.80 Å². The fourth-order valence-corrected chi connectivity index (χ4v) is 5.84. The maximum Gasteiger partial charge on any atom is 0.264 e. The summed E-state index contributed by atoms with van der Waals surface area (Å²) in [4.78, 5) is 31.0. The topological polar surface area (TPSA) is 49.9 Å². The molecule has 156 valence electrons. The van der Waals surface area contributed by atoms with Gasteiger partial charge in [-0.1, -0.05) is 36.0 Å². The van der Waals surface area contributed by atoms with E-state index >= 15 is 0 Å². The first-order valence-electron chi connectivity index (χ1n) is 10.7. The molecule has 0 bridgehead atoms. The standard InChI is InChI=1S/C23H30N2O3S/c1-28-14-13-25(16-18-8-6-12-24-11-5-4-10-20(18)24)22(26)21-15-17-7-2-3-9-19(17)23(27)29-21/h2-3,7,9,15,18,20H,4-6,8,10-14,16H2,1H3. The van der Waals surface area contributed by atoms with Gasteiger partial charge in [0.25, 0.3) is 5.91 Å². The van der Waals surface area contributed by atoms with E-state index in [9.17, 15) is 9.59 Å². The third kappa shape index (κ3) is 4.55. The van der Waals surface area contributed by atoms with E-state index in [1.165, 1.54) is 45.2 Å². The fraction of sp³-hybridized carbons (Fsp3) is 0.565. The van der Waals surface area contributed by atoms with Crippen molar-refractivity contribution in [3.63, 3.8) is 0 Å². The first kappa shape index (κ1) is 20.5. The molecule has 1 amide bonds. The predicted molar refractivity (Wildman–Crippen MR) is 118 cm³/mol. The lowest BCUT2D eigenvalue weighted by molar-refractivity contribution is 0.0317. The van der Waals surface area contributed by atoms with Crippen molar-refractivity contribution in [2.75, 3.05) is 39.9 Å². The van der Waals surface area contributed by atoms with Gasteiger partial charge in [-0.05, 0) is 62.2 Å². The molecule has 29 heavy (non-hydrogen) atoms. The second-order valence-corrected chi connectivity index (χ2v) is 9.25. The summed E-state index contributed by atoms with van der Waals surface area (Å²) in [6, 6.07) is 9.96. The van der Waals surface area contributed by atoms with Crippen molar-refractivity contribution in [2.45, 2.75) is 38.1 Å². The molecule has 0 N–H and O–H groups in total. The summed E-state index contributed by atoms with van der Waals surface area (Å²) in [7, 11) is 1.67. The third-order valence-electron chi connectivity index (χ3n) is 6.42. The van der Waals surface area contributed by atoms with Crippen molar-refractivity contribution >= 4 is 28.0 Å². The van der Waals surface area contributed by atoms with Crippen LogP contribution in [0.2, 0.25) is 0 Å².